The second-order valence-electron chi connectivity index (χ2n) is 3.67. The molecule has 0 spiro atoms. The highest BCUT2D eigenvalue weighted by Gasteiger charge is 1.88. The van der Waals surface area contributed by atoms with E-state index in [4.69, 9.17) is 0 Å². The molecule has 1 unspecified atom stereocenters. The predicted molar refractivity (Wildman–Crippen MR) is 74.7 cm³/mol. The molecule has 0 aromatic carbocycles. The zero-order valence-electron chi connectivity index (χ0n) is 10.5. The molecule has 1 nitrogen and oxygen atoms in total. The lowest BCUT2D eigenvalue weighted by atomic mass is 10.1. The molecular formula is C15H21N. The Morgan fingerprint density at radius 3 is 2.44 bits per heavy atom. The van der Waals surface area contributed by atoms with Crippen molar-refractivity contribution >= 4 is 5.71 Å². The Morgan fingerprint density at radius 1 is 1.19 bits per heavy atom. The molecule has 0 bridgehead atoms. The van der Waals surface area contributed by atoms with Gasteiger partial charge in [0.15, 0.2) is 0 Å². The number of allylic oxidation sites excluding steroid dienone is 7. The summed E-state index contributed by atoms with van der Waals surface area (Å²) in [4.78, 5) is 4.06. The number of aliphatic imine (C=N–C) groups is 1. The normalized spacial score (nSPS) is 15.7. The average molecular weight is 215 g/mol. The van der Waals surface area contributed by atoms with E-state index in [-0.39, 0.29) is 0 Å². The number of nitrogens with zero attached hydrogens (tertiary/aromatic N) is 1. The maximum absolute atomic E-state index is 4.06. The summed E-state index contributed by atoms with van der Waals surface area (Å²) < 4.78 is 0. The topological polar surface area (TPSA) is 12.4 Å². The second-order valence-corrected chi connectivity index (χ2v) is 3.67. The molecule has 0 saturated carbocycles. The van der Waals surface area contributed by atoms with Crippen molar-refractivity contribution in [3.8, 4) is 0 Å². The van der Waals surface area contributed by atoms with Crippen LogP contribution in [-0.4, -0.2) is 5.71 Å². The van der Waals surface area contributed by atoms with Gasteiger partial charge in [-0.05, 0) is 25.8 Å². The summed E-state index contributed by atoms with van der Waals surface area (Å²) in [6.07, 6.45) is 13.7. The minimum absolute atomic E-state index is 0.392. The Balaban J connectivity index is 4.28. The van der Waals surface area contributed by atoms with Crippen molar-refractivity contribution in [3.05, 3.63) is 61.4 Å². The van der Waals surface area contributed by atoms with Gasteiger partial charge in [-0.2, -0.15) is 0 Å². The highest BCUT2D eigenvalue weighted by molar-refractivity contribution is 5.93. The van der Waals surface area contributed by atoms with E-state index in [1.807, 2.05) is 38.2 Å². The van der Waals surface area contributed by atoms with Gasteiger partial charge in [-0.25, -0.2) is 0 Å². The van der Waals surface area contributed by atoms with Crippen LogP contribution in [0.15, 0.2) is 66.4 Å². The smallest absolute Gasteiger partial charge is 0.0369 e. The van der Waals surface area contributed by atoms with Gasteiger partial charge in [0.25, 0.3) is 0 Å². The van der Waals surface area contributed by atoms with Gasteiger partial charge < -0.3 is 0 Å². The quantitative estimate of drug-likeness (QED) is 0.458. The van der Waals surface area contributed by atoms with E-state index >= 15 is 0 Å². The summed E-state index contributed by atoms with van der Waals surface area (Å²) >= 11 is 0. The molecule has 0 aliphatic rings. The predicted octanol–water partition coefficient (Wildman–Crippen LogP) is 4.47. The van der Waals surface area contributed by atoms with Gasteiger partial charge in [0.05, 0.1) is 0 Å². The molecule has 0 aliphatic carbocycles. The van der Waals surface area contributed by atoms with Gasteiger partial charge in [-0.15, -0.1) is 0 Å². The third-order valence-electron chi connectivity index (χ3n) is 2.03. The van der Waals surface area contributed by atoms with Crippen LogP contribution in [0.25, 0.3) is 0 Å². The van der Waals surface area contributed by atoms with Crippen LogP contribution in [0.1, 0.15) is 20.8 Å². The maximum Gasteiger partial charge on any atom is 0.0369 e. The Kier molecular flexibility index (Phi) is 7.78. The van der Waals surface area contributed by atoms with Gasteiger partial charge in [-0.3, -0.25) is 4.99 Å². The molecule has 0 fully saturated rings. The molecule has 0 rings (SSSR count). The van der Waals surface area contributed by atoms with E-state index in [1.165, 1.54) is 0 Å². The van der Waals surface area contributed by atoms with Crippen LogP contribution in [0.2, 0.25) is 0 Å². The fraction of sp³-hybridized carbons (Fsp3) is 0.267. The maximum atomic E-state index is 4.06. The van der Waals surface area contributed by atoms with Crippen LogP contribution in [0.4, 0.5) is 0 Å². The molecule has 0 aromatic heterocycles. The molecule has 0 N–H and O–H groups in total. The largest absolute Gasteiger partial charge is 0.262 e. The number of hydrogen-bond acceptors (Lipinski definition) is 1. The third-order valence-corrected chi connectivity index (χ3v) is 2.03. The summed E-state index contributed by atoms with van der Waals surface area (Å²) in [5.74, 6) is 0.392. The van der Waals surface area contributed by atoms with E-state index in [1.54, 1.807) is 6.20 Å². The van der Waals surface area contributed by atoms with E-state index < -0.39 is 0 Å². The zero-order chi connectivity index (χ0) is 12.4. The minimum atomic E-state index is 0.392. The van der Waals surface area contributed by atoms with Gasteiger partial charge in [0.1, 0.15) is 0 Å². The first-order valence-electron chi connectivity index (χ1n) is 5.41. The first-order chi connectivity index (χ1) is 7.60. The fourth-order valence-corrected chi connectivity index (χ4v) is 0.993. The molecule has 0 aliphatic heterocycles. The SMILES string of the molecule is C=CN=C(C)/C=C\C(C)/C=C/C=C(/C)C=C. The van der Waals surface area contributed by atoms with Crippen LogP contribution in [0.5, 0.6) is 0 Å². The molecular weight excluding hydrogens is 194 g/mol. The van der Waals surface area contributed by atoms with Crippen LogP contribution < -0.4 is 0 Å². The van der Waals surface area contributed by atoms with E-state index in [0.29, 0.717) is 5.92 Å². The zero-order valence-corrected chi connectivity index (χ0v) is 10.5. The standard InChI is InChI=1S/C15H21N/c1-6-13(3)9-8-10-14(4)11-12-15(5)16-7-2/h6-12,14H,1-2H2,3-5H3/b10-8+,12-11-,13-9-,16-15?. The lowest BCUT2D eigenvalue weighted by Crippen LogP contribution is -1.87. The Labute approximate surface area is 99.3 Å². The molecule has 1 heteroatoms. The molecule has 0 saturated heterocycles. The van der Waals surface area contributed by atoms with Gasteiger partial charge >= 0.3 is 0 Å². The molecule has 0 heterocycles. The lowest BCUT2D eigenvalue weighted by Gasteiger charge is -1.96. The van der Waals surface area contributed by atoms with Gasteiger partial charge in [0.2, 0.25) is 0 Å². The summed E-state index contributed by atoms with van der Waals surface area (Å²) in [7, 11) is 0. The first kappa shape index (κ1) is 14.4. The summed E-state index contributed by atoms with van der Waals surface area (Å²) in [6.45, 7) is 13.4. The average Bonchev–Trinajstić information content (AvgIpc) is 2.26. The highest BCUT2D eigenvalue weighted by Crippen LogP contribution is 2.02. The van der Waals surface area contributed by atoms with Crippen LogP contribution in [0.3, 0.4) is 0 Å². The van der Waals surface area contributed by atoms with E-state index in [0.717, 1.165) is 11.3 Å². The van der Waals surface area contributed by atoms with Crippen molar-refractivity contribution in [1.82, 2.24) is 0 Å². The van der Waals surface area contributed by atoms with E-state index in [2.05, 4.69) is 37.2 Å². The highest BCUT2D eigenvalue weighted by atomic mass is 14.7. The van der Waals surface area contributed by atoms with Gasteiger partial charge in [-0.1, -0.05) is 56.0 Å². The number of rotatable bonds is 6. The van der Waals surface area contributed by atoms with Crippen molar-refractivity contribution < 1.29 is 0 Å². The Hall–Kier alpha value is -1.63. The molecule has 0 radical (unpaired) electrons. The Morgan fingerprint density at radius 2 is 1.88 bits per heavy atom. The monoisotopic (exact) mass is 215 g/mol. The fourth-order valence-electron chi connectivity index (χ4n) is 0.993. The molecule has 0 aromatic rings. The van der Waals surface area contributed by atoms with Gasteiger partial charge in [0, 0.05) is 11.9 Å². The van der Waals surface area contributed by atoms with Crippen LogP contribution >= 0.6 is 0 Å². The third kappa shape index (κ3) is 7.74. The molecule has 16 heavy (non-hydrogen) atoms. The Bertz CT molecular complexity index is 340. The second kappa shape index (κ2) is 8.66. The van der Waals surface area contributed by atoms with E-state index in [9.17, 15) is 0 Å². The minimum Gasteiger partial charge on any atom is -0.262 e. The summed E-state index contributed by atoms with van der Waals surface area (Å²) in [5, 5.41) is 0. The van der Waals surface area contributed by atoms with Crippen molar-refractivity contribution in [1.29, 1.82) is 0 Å². The number of hydrogen-bond donors (Lipinski definition) is 0. The summed E-state index contributed by atoms with van der Waals surface area (Å²) in [5.41, 5.74) is 2.13. The van der Waals surface area contributed by atoms with Crippen LogP contribution in [0, 0.1) is 5.92 Å². The first-order valence-corrected chi connectivity index (χ1v) is 5.41. The lowest BCUT2D eigenvalue weighted by molar-refractivity contribution is 0.941. The summed E-state index contributed by atoms with van der Waals surface area (Å²) in [6, 6.07) is 0. The van der Waals surface area contributed by atoms with Crippen molar-refractivity contribution in [3.63, 3.8) is 0 Å². The van der Waals surface area contributed by atoms with Crippen molar-refractivity contribution in [2.24, 2.45) is 10.9 Å². The molecule has 0 amide bonds. The molecule has 86 valence electrons. The van der Waals surface area contributed by atoms with Crippen molar-refractivity contribution in [2.75, 3.05) is 0 Å². The van der Waals surface area contributed by atoms with Crippen LogP contribution in [-0.2, 0) is 0 Å². The molecule has 1 atom stereocenters. The van der Waals surface area contributed by atoms with Crippen molar-refractivity contribution in [2.45, 2.75) is 20.8 Å².